The first kappa shape index (κ1) is 15.2. The van der Waals surface area contributed by atoms with E-state index < -0.39 is 5.60 Å². The molecular formula is C15H19IO2. The molecule has 18 heavy (non-hydrogen) atoms. The lowest BCUT2D eigenvalue weighted by atomic mass is 9.96. The van der Waals surface area contributed by atoms with Crippen molar-refractivity contribution in [3.8, 4) is 0 Å². The quantitative estimate of drug-likeness (QED) is 0.351. The SMILES string of the molecule is C=C[C@@H](c1ccccc1)[C@@H](I)C(=O)OC(C)(C)C. The number of halogens is 1. The van der Waals surface area contributed by atoms with Gasteiger partial charge >= 0.3 is 5.97 Å². The van der Waals surface area contributed by atoms with Crippen LogP contribution in [0, 0.1) is 0 Å². The molecule has 0 aliphatic rings. The fourth-order valence-corrected chi connectivity index (χ4v) is 2.44. The molecule has 0 radical (unpaired) electrons. The van der Waals surface area contributed by atoms with Gasteiger partial charge in [-0.25, -0.2) is 0 Å². The van der Waals surface area contributed by atoms with Gasteiger partial charge in [0.25, 0.3) is 0 Å². The van der Waals surface area contributed by atoms with Crippen molar-refractivity contribution in [2.75, 3.05) is 0 Å². The molecule has 0 N–H and O–H groups in total. The van der Waals surface area contributed by atoms with Gasteiger partial charge < -0.3 is 4.74 Å². The van der Waals surface area contributed by atoms with Gasteiger partial charge in [-0.1, -0.05) is 59.0 Å². The van der Waals surface area contributed by atoms with E-state index in [2.05, 4.69) is 29.2 Å². The van der Waals surface area contributed by atoms with Crippen molar-refractivity contribution in [3.05, 3.63) is 48.6 Å². The molecule has 0 fully saturated rings. The Morgan fingerprint density at radius 3 is 2.33 bits per heavy atom. The van der Waals surface area contributed by atoms with E-state index in [9.17, 15) is 4.79 Å². The van der Waals surface area contributed by atoms with Gasteiger partial charge in [-0.2, -0.15) is 0 Å². The molecule has 1 rings (SSSR count). The Morgan fingerprint density at radius 1 is 1.33 bits per heavy atom. The summed E-state index contributed by atoms with van der Waals surface area (Å²) in [5, 5.41) is 0. The third kappa shape index (κ3) is 4.44. The van der Waals surface area contributed by atoms with E-state index in [0.717, 1.165) is 5.56 Å². The van der Waals surface area contributed by atoms with E-state index in [1.807, 2.05) is 51.1 Å². The van der Waals surface area contributed by atoms with Gasteiger partial charge in [-0.05, 0) is 26.3 Å². The molecule has 1 aromatic rings. The minimum atomic E-state index is -0.455. The molecule has 0 bridgehead atoms. The van der Waals surface area contributed by atoms with E-state index in [1.165, 1.54) is 0 Å². The molecule has 0 heterocycles. The fourth-order valence-electron chi connectivity index (χ4n) is 1.60. The minimum Gasteiger partial charge on any atom is -0.459 e. The number of ether oxygens (including phenoxy) is 1. The van der Waals surface area contributed by atoms with Crippen LogP contribution in [0.25, 0.3) is 0 Å². The Balaban J connectivity index is 2.84. The molecule has 2 atom stereocenters. The lowest BCUT2D eigenvalue weighted by Gasteiger charge is -2.24. The monoisotopic (exact) mass is 358 g/mol. The second-order valence-corrected chi connectivity index (χ2v) is 6.45. The normalized spacial score (nSPS) is 14.7. The van der Waals surface area contributed by atoms with Crippen LogP contribution in [0.5, 0.6) is 0 Å². The molecule has 0 saturated carbocycles. The number of esters is 1. The summed E-state index contributed by atoms with van der Waals surface area (Å²) in [7, 11) is 0. The van der Waals surface area contributed by atoms with E-state index in [-0.39, 0.29) is 15.8 Å². The summed E-state index contributed by atoms with van der Waals surface area (Å²) in [4.78, 5) is 12.1. The Morgan fingerprint density at radius 2 is 1.89 bits per heavy atom. The van der Waals surface area contributed by atoms with Gasteiger partial charge in [-0.15, -0.1) is 6.58 Å². The first-order valence-electron chi connectivity index (χ1n) is 5.89. The van der Waals surface area contributed by atoms with Crippen LogP contribution in [-0.2, 0) is 9.53 Å². The van der Waals surface area contributed by atoms with Crippen molar-refractivity contribution in [2.24, 2.45) is 0 Å². The third-order valence-electron chi connectivity index (χ3n) is 2.39. The van der Waals surface area contributed by atoms with Crippen molar-refractivity contribution in [1.29, 1.82) is 0 Å². The molecule has 2 nitrogen and oxygen atoms in total. The number of carbonyl (C=O) groups excluding carboxylic acids is 1. The van der Waals surface area contributed by atoms with Crippen molar-refractivity contribution in [1.82, 2.24) is 0 Å². The van der Waals surface area contributed by atoms with Crippen molar-refractivity contribution < 1.29 is 9.53 Å². The van der Waals surface area contributed by atoms with Crippen LogP contribution < -0.4 is 0 Å². The minimum absolute atomic E-state index is 0.0263. The predicted molar refractivity (Wildman–Crippen MR) is 83.0 cm³/mol. The molecule has 0 aliphatic carbocycles. The molecule has 0 unspecified atom stereocenters. The van der Waals surface area contributed by atoms with Gasteiger partial charge in [-0.3, -0.25) is 4.79 Å². The summed E-state index contributed by atoms with van der Waals surface area (Å²) in [6.45, 7) is 9.45. The van der Waals surface area contributed by atoms with Crippen molar-refractivity contribution in [3.63, 3.8) is 0 Å². The molecular weight excluding hydrogens is 339 g/mol. The number of rotatable bonds is 4. The lowest BCUT2D eigenvalue weighted by Crippen LogP contribution is -2.31. The summed E-state index contributed by atoms with van der Waals surface area (Å²) in [5.41, 5.74) is 0.626. The maximum Gasteiger partial charge on any atom is 0.320 e. The second-order valence-electron chi connectivity index (χ2n) is 5.11. The van der Waals surface area contributed by atoms with Crippen LogP contribution in [0.2, 0.25) is 0 Å². The largest absolute Gasteiger partial charge is 0.459 e. The highest BCUT2D eigenvalue weighted by Gasteiger charge is 2.29. The van der Waals surface area contributed by atoms with Gasteiger partial charge in [0.15, 0.2) is 0 Å². The first-order valence-corrected chi connectivity index (χ1v) is 7.14. The van der Waals surface area contributed by atoms with Crippen LogP contribution in [0.1, 0.15) is 32.3 Å². The molecule has 0 amide bonds. The zero-order chi connectivity index (χ0) is 13.8. The van der Waals surface area contributed by atoms with E-state index in [0.29, 0.717) is 0 Å². The standard InChI is InChI=1S/C15H19IO2/c1-5-12(11-9-7-6-8-10-11)13(16)14(17)18-15(2,3)4/h5-10,12-13H,1H2,2-4H3/t12-,13+/m0/s1. The molecule has 0 spiro atoms. The number of hydrogen-bond donors (Lipinski definition) is 0. The molecule has 0 aliphatic heterocycles. The van der Waals surface area contributed by atoms with Gasteiger partial charge in [0, 0.05) is 5.92 Å². The zero-order valence-electron chi connectivity index (χ0n) is 11.0. The molecule has 98 valence electrons. The maximum atomic E-state index is 12.1. The second kappa shape index (κ2) is 6.36. The van der Waals surface area contributed by atoms with E-state index in [4.69, 9.17) is 4.74 Å². The average Bonchev–Trinajstić information content (AvgIpc) is 2.29. The average molecular weight is 358 g/mol. The zero-order valence-corrected chi connectivity index (χ0v) is 13.2. The van der Waals surface area contributed by atoms with Crippen molar-refractivity contribution >= 4 is 28.6 Å². The number of carbonyl (C=O) groups is 1. The van der Waals surface area contributed by atoms with Crippen LogP contribution in [0.3, 0.4) is 0 Å². The summed E-state index contributed by atoms with van der Waals surface area (Å²) in [6.07, 6.45) is 1.80. The summed E-state index contributed by atoms with van der Waals surface area (Å²) in [5.74, 6) is -0.224. The number of allylic oxidation sites excluding steroid dienone is 1. The highest BCUT2D eigenvalue weighted by Crippen LogP contribution is 2.28. The Bertz CT molecular complexity index is 406. The number of benzene rings is 1. The highest BCUT2D eigenvalue weighted by atomic mass is 127. The third-order valence-corrected chi connectivity index (χ3v) is 3.67. The Hall–Kier alpha value is -0.840. The number of alkyl halides is 1. The Kier molecular flexibility index (Phi) is 5.38. The molecule has 1 aromatic carbocycles. The fraction of sp³-hybridized carbons (Fsp3) is 0.400. The van der Waals surface area contributed by atoms with Gasteiger partial charge in [0.1, 0.15) is 9.53 Å². The molecule has 0 saturated heterocycles. The first-order chi connectivity index (χ1) is 8.35. The smallest absolute Gasteiger partial charge is 0.320 e. The summed E-state index contributed by atoms with van der Waals surface area (Å²) >= 11 is 2.13. The van der Waals surface area contributed by atoms with Crippen LogP contribution >= 0.6 is 22.6 Å². The molecule has 3 heteroatoms. The molecule has 0 aromatic heterocycles. The summed E-state index contributed by atoms with van der Waals surface area (Å²) < 4.78 is 5.15. The van der Waals surface area contributed by atoms with Crippen molar-refractivity contribution in [2.45, 2.75) is 36.2 Å². The van der Waals surface area contributed by atoms with Crippen LogP contribution in [0.15, 0.2) is 43.0 Å². The number of hydrogen-bond acceptors (Lipinski definition) is 2. The predicted octanol–water partition coefficient (Wildman–Crippen LogP) is 4.10. The summed E-state index contributed by atoms with van der Waals surface area (Å²) in [6, 6.07) is 9.89. The maximum absolute atomic E-state index is 12.1. The van der Waals surface area contributed by atoms with Crippen LogP contribution in [-0.4, -0.2) is 15.5 Å². The van der Waals surface area contributed by atoms with Gasteiger partial charge in [0.2, 0.25) is 0 Å². The lowest BCUT2D eigenvalue weighted by molar-refractivity contribution is -0.153. The highest BCUT2D eigenvalue weighted by molar-refractivity contribution is 14.1. The van der Waals surface area contributed by atoms with Crippen LogP contribution in [0.4, 0.5) is 0 Å². The van der Waals surface area contributed by atoms with Gasteiger partial charge in [0.05, 0.1) is 0 Å². The Labute approximate surface area is 123 Å². The van der Waals surface area contributed by atoms with E-state index >= 15 is 0 Å². The topological polar surface area (TPSA) is 26.3 Å². The van der Waals surface area contributed by atoms with E-state index in [1.54, 1.807) is 6.08 Å².